The highest BCUT2D eigenvalue weighted by Gasteiger charge is 2.11. The standard InChI is InChI=1S/C11H14Br2O2/c1-15-6-2-3-11(14)9-7-8(12)4-5-10(9)13/h4-5,7,11,14H,2-3,6H2,1H3. The second kappa shape index (κ2) is 6.63. The van der Waals surface area contributed by atoms with Gasteiger partial charge in [0.25, 0.3) is 0 Å². The number of ether oxygens (including phenoxy) is 1. The van der Waals surface area contributed by atoms with Gasteiger partial charge in [0.2, 0.25) is 0 Å². The minimum Gasteiger partial charge on any atom is -0.388 e. The van der Waals surface area contributed by atoms with E-state index in [1.54, 1.807) is 7.11 Å². The Morgan fingerprint density at radius 1 is 1.40 bits per heavy atom. The molecule has 0 aromatic heterocycles. The van der Waals surface area contributed by atoms with E-state index in [0.717, 1.165) is 20.9 Å². The molecule has 0 spiro atoms. The normalized spacial score (nSPS) is 12.8. The summed E-state index contributed by atoms with van der Waals surface area (Å²) in [4.78, 5) is 0. The van der Waals surface area contributed by atoms with Crippen LogP contribution in [0.3, 0.4) is 0 Å². The van der Waals surface area contributed by atoms with Crippen LogP contribution in [0.4, 0.5) is 0 Å². The van der Waals surface area contributed by atoms with Crippen LogP contribution in [0.15, 0.2) is 27.1 Å². The molecule has 0 radical (unpaired) electrons. The summed E-state index contributed by atoms with van der Waals surface area (Å²) in [6.07, 6.45) is 1.13. The highest BCUT2D eigenvalue weighted by Crippen LogP contribution is 2.29. The van der Waals surface area contributed by atoms with E-state index in [1.165, 1.54) is 0 Å². The number of hydrogen-bond donors (Lipinski definition) is 1. The molecule has 1 aromatic rings. The molecule has 1 rings (SSSR count). The number of aliphatic hydroxyl groups is 1. The summed E-state index contributed by atoms with van der Waals surface area (Å²) < 4.78 is 6.87. The fourth-order valence-electron chi connectivity index (χ4n) is 1.35. The summed E-state index contributed by atoms with van der Waals surface area (Å²) in [5.74, 6) is 0. The molecule has 1 unspecified atom stereocenters. The molecule has 0 bridgehead atoms. The summed E-state index contributed by atoms with van der Waals surface area (Å²) in [5, 5.41) is 9.95. The lowest BCUT2D eigenvalue weighted by Crippen LogP contribution is -2.00. The van der Waals surface area contributed by atoms with Crippen LogP contribution in [0, 0.1) is 0 Å². The summed E-state index contributed by atoms with van der Waals surface area (Å²) >= 11 is 6.82. The van der Waals surface area contributed by atoms with Gasteiger partial charge in [0.1, 0.15) is 0 Å². The van der Waals surface area contributed by atoms with Crippen molar-refractivity contribution in [2.24, 2.45) is 0 Å². The molecule has 1 N–H and O–H groups in total. The van der Waals surface area contributed by atoms with E-state index in [2.05, 4.69) is 31.9 Å². The maximum absolute atomic E-state index is 9.95. The van der Waals surface area contributed by atoms with Gasteiger partial charge in [-0.25, -0.2) is 0 Å². The average molecular weight is 338 g/mol. The van der Waals surface area contributed by atoms with Gasteiger partial charge in [0.05, 0.1) is 6.10 Å². The van der Waals surface area contributed by atoms with E-state index in [-0.39, 0.29) is 0 Å². The molecule has 15 heavy (non-hydrogen) atoms. The average Bonchev–Trinajstić information content (AvgIpc) is 2.22. The zero-order valence-electron chi connectivity index (χ0n) is 8.54. The highest BCUT2D eigenvalue weighted by molar-refractivity contribution is 9.11. The molecule has 1 atom stereocenters. The van der Waals surface area contributed by atoms with Crippen LogP contribution >= 0.6 is 31.9 Å². The molecule has 0 heterocycles. The lowest BCUT2D eigenvalue weighted by molar-refractivity contribution is 0.135. The van der Waals surface area contributed by atoms with Gasteiger partial charge in [0, 0.05) is 22.7 Å². The van der Waals surface area contributed by atoms with E-state index >= 15 is 0 Å². The fourth-order valence-corrected chi connectivity index (χ4v) is 2.24. The van der Waals surface area contributed by atoms with Crippen molar-refractivity contribution in [1.29, 1.82) is 0 Å². The Kier molecular flexibility index (Phi) is 5.82. The smallest absolute Gasteiger partial charge is 0.0802 e. The second-order valence-electron chi connectivity index (χ2n) is 3.32. The Bertz CT molecular complexity index is 315. The number of rotatable bonds is 5. The number of methoxy groups -OCH3 is 1. The van der Waals surface area contributed by atoms with Crippen LogP contribution in [-0.4, -0.2) is 18.8 Å². The van der Waals surface area contributed by atoms with Crippen LogP contribution < -0.4 is 0 Å². The minimum atomic E-state index is -0.438. The van der Waals surface area contributed by atoms with Crippen molar-refractivity contribution in [1.82, 2.24) is 0 Å². The van der Waals surface area contributed by atoms with Gasteiger partial charge >= 0.3 is 0 Å². The molecule has 84 valence electrons. The van der Waals surface area contributed by atoms with Gasteiger partial charge in [-0.1, -0.05) is 31.9 Å². The molecule has 0 saturated carbocycles. The minimum absolute atomic E-state index is 0.438. The first-order chi connectivity index (χ1) is 7.15. The maximum Gasteiger partial charge on any atom is 0.0802 e. The monoisotopic (exact) mass is 336 g/mol. The zero-order valence-corrected chi connectivity index (χ0v) is 11.7. The van der Waals surface area contributed by atoms with E-state index in [1.807, 2.05) is 18.2 Å². The van der Waals surface area contributed by atoms with Gasteiger partial charge < -0.3 is 9.84 Å². The third-order valence-corrected chi connectivity index (χ3v) is 3.36. The van der Waals surface area contributed by atoms with Crippen LogP contribution in [-0.2, 0) is 4.74 Å². The molecular weight excluding hydrogens is 324 g/mol. The molecule has 2 nitrogen and oxygen atoms in total. The van der Waals surface area contributed by atoms with Gasteiger partial charge in [-0.05, 0) is 36.6 Å². The molecule has 0 fully saturated rings. The fraction of sp³-hybridized carbons (Fsp3) is 0.455. The molecule has 0 amide bonds. The summed E-state index contributed by atoms with van der Waals surface area (Å²) in [7, 11) is 1.67. The van der Waals surface area contributed by atoms with Gasteiger partial charge in [0.15, 0.2) is 0 Å². The van der Waals surface area contributed by atoms with Crippen LogP contribution in [0.5, 0.6) is 0 Å². The summed E-state index contributed by atoms with van der Waals surface area (Å²) in [6.45, 7) is 0.683. The Labute approximate surface area is 107 Å². The predicted octanol–water partition coefficient (Wildman–Crippen LogP) is 3.67. The maximum atomic E-state index is 9.95. The Morgan fingerprint density at radius 2 is 2.13 bits per heavy atom. The van der Waals surface area contributed by atoms with Crippen molar-refractivity contribution in [3.8, 4) is 0 Å². The van der Waals surface area contributed by atoms with Crippen LogP contribution in [0.2, 0.25) is 0 Å². The van der Waals surface area contributed by atoms with Crippen molar-refractivity contribution in [2.75, 3.05) is 13.7 Å². The first-order valence-electron chi connectivity index (χ1n) is 4.77. The Morgan fingerprint density at radius 3 is 2.80 bits per heavy atom. The first-order valence-corrected chi connectivity index (χ1v) is 6.35. The highest BCUT2D eigenvalue weighted by atomic mass is 79.9. The van der Waals surface area contributed by atoms with Crippen molar-refractivity contribution in [3.63, 3.8) is 0 Å². The summed E-state index contributed by atoms with van der Waals surface area (Å²) in [5.41, 5.74) is 0.917. The number of halogens is 2. The van der Waals surface area contributed by atoms with Gasteiger partial charge in [-0.15, -0.1) is 0 Å². The number of hydrogen-bond acceptors (Lipinski definition) is 2. The lowest BCUT2D eigenvalue weighted by atomic mass is 10.1. The second-order valence-corrected chi connectivity index (χ2v) is 5.09. The molecule has 4 heteroatoms. The van der Waals surface area contributed by atoms with Crippen molar-refractivity contribution in [2.45, 2.75) is 18.9 Å². The third kappa shape index (κ3) is 4.23. The zero-order chi connectivity index (χ0) is 11.3. The number of aliphatic hydroxyl groups excluding tert-OH is 1. The van der Waals surface area contributed by atoms with Crippen LogP contribution in [0.25, 0.3) is 0 Å². The number of benzene rings is 1. The molecule has 0 aliphatic heterocycles. The predicted molar refractivity (Wildman–Crippen MR) is 67.9 cm³/mol. The molecule has 1 aromatic carbocycles. The van der Waals surface area contributed by atoms with Gasteiger partial charge in [-0.3, -0.25) is 0 Å². The topological polar surface area (TPSA) is 29.5 Å². The van der Waals surface area contributed by atoms with E-state index in [0.29, 0.717) is 13.0 Å². The third-order valence-electron chi connectivity index (χ3n) is 2.14. The SMILES string of the molecule is COCCCC(O)c1cc(Br)ccc1Br. The Hall–Kier alpha value is 0.1000. The van der Waals surface area contributed by atoms with Crippen molar-refractivity contribution in [3.05, 3.63) is 32.7 Å². The molecular formula is C11H14Br2O2. The first kappa shape index (κ1) is 13.2. The quantitative estimate of drug-likeness (QED) is 0.831. The van der Waals surface area contributed by atoms with Gasteiger partial charge in [-0.2, -0.15) is 0 Å². The summed E-state index contributed by atoms with van der Waals surface area (Å²) in [6, 6.07) is 5.80. The van der Waals surface area contributed by atoms with E-state index < -0.39 is 6.10 Å². The van der Waals surface area contributed by atoms with E-state index in [9.17, 15) is 5.11 Å². The molecule has 0 aliphatic rings. The van der Waals surface area contributed by atoms with Crippen LogP contribution in [0.1, 0.15) is 24.5 Å². The molecule has 0 aliphatic carbocycles. The molecule has 0 saturated heterocycles. The lowest BCUT2D eigenvalue weighted by Gasteiger charge is -2.12. The largest absolute Gasteiger partial charge is 0.388 e. The van der Waals surface area contributed by atoms with Crippen molar-refractivity contribution < 1.29 is 9.84 Å². The van der Waals surface area contributed by atoms with E-state index in [4.69, 9.17) is 4.74 Å². The van der Waals surface area contributed by atoms with Crippen molar-refractivity contribution >= 4 is 31.9 Å². The Balaban J connectivity index is 2.64.